The van der Waals surface area contributed by atoms with Gasteiger partial charge in [-0.15, -0.1) is 0 Å². The number of carbonyl (C=O) groups is 1. The van der Waals surface area contributed by atoms with E-state index in [0.29, 0.717) is 6.42 Å². The van der Waals surface area contributed by atoms with Crippen LogP contribution in [0.4, 0.5) is 0 Å². The van der Waals surface area contributed by atoms with E-state index in [1.165, 1.54) is 5.56 Å². The zero-order chi connectivity index (χ0) is 18.1. The van der Waals surface area contributed by atoms with E-state index in [1.54, 1.807) is 11.6 Å². The van der Waals surface area contributed by atoms with Crippen molar-refractivity contribution in [3.05, 3.63) is 47.2 Å². The molecule has 0 bridgehead atoms. The van der Waals surface area contributed by atoms with Gasteiger partial charge in [0.2, 0.25) is 0 Å². The zero-order valence-electron chi connectivity index (χ0n) is 15.1. The van der Waals surface area contributed by atoms with Crippen molar-refractivity contribution in [3.8, 4) is 0 Å². The first-order valence-electron chi connectivity index (χ1n) is 9.01. The second-order valence-corrected chi connectivity index (χ2v) is 6.15. The molecule has 25 heavy (non-hydrogen) atoms. The van der Waals surface area contributed by atoms with Gasteiger partial charge in [-0.2, -0.15) is 0 Å². The summed E-state index contributed by atoms with van der Waals surface area (Å²) in [6.07, 6.45) is 3.31. The van der Waals surface area contributed by atoms with Crippen LogP contribution in [0.2, 0.25) is 0 Å². The summed E-state index contributed by atoms with van der Waals surface area (Å²) in [5, 5.41) is 12.1. The Labute approximate surface area is 149 Å². The van der Waals surface area contributed by atoms with Gasteiger partial charge < -0.3 is 15.0 Å². The number of carbonyl (C=O) groups excluding carboxylic acids is 1. The largest absolute Gasteiger partial charge is 0.480 e. The van der Waals surface area contributed by atoms with Gasteiger partial charge in [0.1, 0.15) is 6.10 Å². The van der Waals surface area contributed by atoms with E-state index in [2.05, 4.69) is 36.2 Å². The van der Waals surface area contributed by atoms with Gasteiger partial charge >= 0.3 is 5.91 Å². The average molecular weight is 347 g/mol. The van der Waals surface area contributed by atoms with Crippen molar-refractivity contribution in [1.82, 2.24) is 15.7 Å². The van der Waals surface area contributed by atoms with Crippen LogP contribution in [0.25, 0.3) is 0 Å². The number of nitrogens with zero attached hydrogens (tertiary/aromatic N) is 1. The van der Waals surface area contributed by atoms with Gasteiger partial charge in [0.15, 0.2) is 5.76 Å². The molecule has 0 saturated carbocycles. The van der Waals surface area contributed by atoms with E-state index in [4.69, 9.17) is 9.94 Å². The first-order chi connectivity index (χ1) is 12.2. The van der Waals surface area contributed by atoms with Crippen LogP contribution in [-0.4, -0.2) is 42.2 Å². The standard InChI is InChI=1S/C19H29N3O3/c1-3-22(4-2)13-5-12-20-14-15-6-8-16(9-7-15)17-10-11-18(25-17)19(23)21-24/h6-9,11,17,20,24H,3-5,10,12-14H2,1-2H3,(H,21,23). The highest BCUT2D eigenvalue weighted by atomic mass is 16.5. The SMILES string of the molecule is CCN(CC)CCCNCc1ccc(C2CC=C(C(=O)NO)O2)cc1. The lowest BCUT2D eigenvalue weighted by atomic mass is 10.1. The van der Waals surface area contributed by atoms with Crippen LogP contribution in [0.3, 0.4) is 0 Å². The molecule has 0 aliphatic carbocycles. The van der Waals surface area contributed by atoms with Gasteiger partial charge in [0.05, 0.1) is 0 Å². The third kappa shape index (κ3) is 5.85. The molecule has 1 unspecified atom stereocenters. The molecule has 0 radical (unpaired) electrons. The number of hydrogen-bond acceptors (Lipinski definition) is 5. The fourth-order valence-corrected chi connectivity index (χ4v) is 2.92. The summed E-state index contributed by atoms with van der Waals surface area (Å²) in [6.45, 7) is 9.60. The lowest BCUT2D eigenvalue weighted by Crippen LogP contribution is -2.27. The molecule has 3 N–H and O–H groups in total. The second kappa shape index (κ2) is 10.2. The van der Waals surface area contributed by atoms with Crippen LogP contribution in [-0.2, 0) is 16.1 Å². The molecule has 0 aromatic heterocycles. The monoisotopic (exact) mass is 347 g/mol. The van der Waals surface area contributed by atoms with Gasteiger partial charge in [-0.25, -0.2) is 5.48 Å². The van der Waals surface area contributed by atoms with Crippen LogP contribution in [0, 0.1) is 0 Å². The molecular formula is C19H29N3O3. The third-order valence-electron chi connectivity index (χ3n) is 4.51. The van der Waals surface area contributed by atoms with Crippen molar-refractivity contribution < 1.29 is 14.7 Å². The maximum absolute atomic E-state index is 11.3. The number of rotatable bonds is 10. The number of ether oxygens (including phenoxy) is 1. The number of hydroxylamine groups is 1. The predicted molar refractivity (Wildman–Crippen MR) is 97.0 cm³/mol. The molecule has 0 fully saturated rings. The Morgan fingerprint density at radius 2 is 2.00 bits per heavy atom. The zero-order valence-corrected chi connectivity index (χ0v) is 15.1. The van der Waals surface area contributed by atoms with Crippen molar-refractivity contribution in [2.24, 2.45) is 0 Å². The molecule has 1 atom stereocenters. The van der Waals surface area contributed by atoms with E-state index in [0.717, 1.165) is 44.7 Å². The summed E-state index contributed by atoms with van der Waals surface area (Å²) in [4.78, 5) is 13.8. The highest BCUT2D eigenvalue weighted by Gasteiger charge is 2.24. The van der Waals surface area contributed by atoms with Crippen LogP contribution in [0.15, 0.2) is 36.1 Å². The fourth-order valence-electron chi connectivity index (χ4n) is 2.92. The Kier molecular flexibility index (Phi) is 7.91. The highest BCUT2D eigenvalue weighted by molar-refractivity contribution is 5.90. The van der Waals surface area contributed by atoms with Crippen LogP contribution >= 0.6 is 0 Å². The third-order valence-corrected chi connectivity index (χ3v) is 4.51. The number of hydrogen-bond donors (Lipinski definition) is 3. The minimum Gasteiger partial charge on any atom is -0.480 e. The Bertz CT molecular complexity index is 568. The van der Waals surface area contributed by atoms with Crippen LogP contribution in [0.1, 0.15) is 43.9 Å². The summed E-state index contributed by atoms with van der Waals surface area (Å²) in [5.41, 5.74) is 3.85. The number of benzene rings is 1. The van der Waals surface area contributed by atoms with Gasteiger partial charge in [-0.3, -0.25) is 10.0 Å². The minimum absolute atomic E-state index is 0.164. The highest BCUT2D eigenvalue weighted by Crippen LogP contribution is 2.30. The fraction of sp³-hybridized carbons (Fsp3) is 0.526. The molecule has 2 rings (SSSR count). The molecule has 1 aliphatic heterocycles. The average Bonchev–Trinajstić information content (AvgIpc) is 3.14. The summed E-state index contributed by atoms with van der Waals surface area (Å²) in [7, 11) is 0. The maximum atomic E-state index is 11.3. The molecule has 0 saturated heterocycles. The smallest absolute Gasteiger partial charge is 0.309 e. The molecule has 0 spiro atoms. The maximum Gasteiger partial charge on any atom is 0.309 e. The molecule has 1 aromatic rings. The molecular weight excluding hydrogens is 318 g/mol. The van der Waals surface area contributed by atoms with E-state index < -0.39 is 5.91 Å². The van der Waals surface area contributed by atoms with Crippen molar-refractivity contribution >= 4 is 5.91 Å². The van der Waals surface area contributed by atoms with Crippen molar-refractivity contribution in [1.29, 1.82) is 0 Å². The number of amides is 1. The van der Waals surface area contributed by atoms with Gasteiger partial charge in [0, 0.05) is 13.0 Å². The molecule has 1 heterocycles. The van der Waals surface area contributed by atoms with E-state index in [-0.39, 0.29) is 11.9 Å². The summed E-state index contributed by atoms with van der Waals surface area (Å²) in [5.74, 6) is -0.431. The topological polar surface area (TPSA) is 73.8 Å². The van der Waals surface area contributed by atoms with E-state index >= 15 is 0 Å². The van der Waals surface area contributed by atoms with Crippen LogP contribution in [0.5, 0.6) is 0 Å². The van der Waals surface area contributed by atoms with Gasteiger partial charge in [0.25, 0.3) is 0 Å². The first-order valence-corrected chi connectivity index (χ1v) is 9.01. The molecule has 138 valence electrons. The second-order valence-electron chi connectivity index (χ2n) is 6.15. The van der Waals surface area contributed by atoms with Crippen molar-refractivity contribution in [2.45, 2.75) is 39.3 Å². The lowest BCUT2D eigenvalue weighted by molar-refractivity contribution is -0.129. The summed E-state index contributed by atoms with van der Waals surface area (Å²) >= 11 is 0. The Morgan fingerprint density at radius 1 is 1.28 bits per heavy atom. The Hall–Kier alpha value is -1.89. The molecule has 1 aromatic carbocycles. The van der Waals surface area contributed by atoms with E-state index in [9.17, 15) is 4.79 Å². The normalized spacial score (nSPS) is 16.6. The quantitative estimate of drug-likeness (QED) is 0.344. The van der Waals surface area contributed by atoms with Gasteiger partial charge in [-0.05, 0) is 49.8 Å². The number of nitrogens with one attached hydrogen (secondary N) is 2. The van der Waals surface area contributed by atoms with E-state index in [1.807, 2.05) is 12.1 Å². The Morgan fingerprint density at radius 3 is 2.64 bits per heavy atom. The Balaban J connectivity index is 1.71. The van der Waals surface area contributed by atoms with Crippen LogP contribution < -0.4 is 10.8 Å². The minimum atomic E-state index is -0.604. The summed E-state index contributed by atoms with van der Waals surface area (Å²) in [6, 6.07) is 8.23. The lowest BCUT2D eigenvalue weighted by Gasteiger charge is -2.17. The molecule has 1 amide bonds. The predicted octanol–water partition coefficient (Wildman–Crippen LogP) is 2.36. The van der Waals surface area contributed by atoms with Gasteiger partial charge in [-0.1, -0.05) is 38.1 Å². The summed E-state index contributed by atoms with van der Waals surface area (Å²) < 4.78 is 5.57. The van der Waals surface area contributed by atoms with Crippen molar-refractivity contribution in [2.75, 3.05) is 26.2 Å². The van der Waals surface area contributed by atoms with Crippen molar-refractivity contribution in [3.63, 3.8) is 0 Å². The molecule has 6 heteroatoms. The molecule has 6 nitrogen and oxygen atoms in total. The first kappa shape index (κ1) is 19.4. The molecule has 1 aliphatic rings.